The van der Waals surface area contributed by atoms with Crippen LogP contribution in [0.25, 0.3) is 0 Å². The molecule has 0 aliphatic heterocycles. The first-order valence-electron chi connectivity index (χ1n) is 7.91. The van der Waals surface area contributed by atoms with E-state index >= 15 is 0 Å². The Kier molecular flexibility index (Phi) is 7.42. The average Bonchev–Trinajstić information content (AvgIpc) is 2.70. The van der Waals surface area contributed by atoms with Gasteiger partial charge < -0.3 is 31.2 Å². The van der Waals surface area contributed by atoms with Gasteiger partial charge >= 0.3 is 0 Å². The Morgan fingerprint density at radius 1 is 0.462 bits per heavy atom. The first-order chi connectivity index (χ1) is 12.2. The van der Waals surface area contributed by atoms with Gasteiger partial charge in [-0.3, -0.25) is 0 Å². The van der Waals surface area contributed by atoms with Crippen LogP contribution in [0.3, 0.4) is 0 Å². The zero-order chi connectivity index (χ0) is 17.6. The number of ether oxygens (including phenoxy) is 3. The molecule has 0 heterocycles. The molecule has 136 valence electrons. The van der Waals surface area contributed by atoms with Gasteiger partial charge in [0.15, 0.2) is 14.7 Å². The molecule has 0 amide bonds. The van der Waals surface area contributed by atoms with Crippen LogP contribution in [0.5, 0.6) is 17.2 Å². The van der Waals surface area contributed by atoms with E-state index in [1.165, 1.54) is 14.7 Å². The van der Waals surface area contributed by atoms with Crippen molar-refractivity contribution >= 4 is 10.9 Å². The lowest BCUT2D eigenvalue weighted by Gasteiger charge is -2.10. The third-order valence-corrected chi connectivity index (χ3v) is 6.12. The summed E-state index contributed by atoms with van der Waals surface area (Å²) in [6, 6.07) is 24.7. The molecule has 26 heavy (non-hydrogen) atoms. The van der Waals surface area contributed by atoms with Crippen LogP contribution >= 0.6 is 0 Å². The SMILES string of the molecule is COc1ccc([S+](c2ccc(OC)cc2)c2ccc(OC)cc2)cc1.[Br-]. The summed E-state index contributed by atoms with van der Waals surface area (Å²) in [7, 11) is 4.83. The van der Waals surface area contributed by atoms with Gasteiger partial charge in [-0.05, 0) is 72.8 Å². The van der Waals surface area contributed by atoms with Crippen LogP contribution in [0.4, 0.5) is 0 Å². The molecule has 0 N–H and O–H groups in total. The van der Waals surface area contributed by atoms with E-state index in [-0.39, 0.29) is 27.9 Å². The molecule has 0 atom stereocenters. The maximum Gasteiger partial charge on any atom is 0.166 e. The second kappa shape index (κ2) is 9.55. The van der Waals surface area contributed by atoms with Crippen molar-refractivity contribution in [2.45, 2.75) is 14.7 Å². The van der Waals surface area contributed by atoms with Crippen LogP contribution in [-0.2, 0) is 10.9 Å². The zero-order valence-corrected chi connectivity index (χ0v) is 17.3. The summed E-state index contributed by atoms with van der Waals surface area (Å²) in [4.78, 5) is 3.70. The van der Waals surface area contributed by atoms with Crippen LogP contribution in [0, 0.1) is 0 Å². The minimum absolute atomic E-state index is 0. The van der Waals surface area contributed by atoms with E-state index in [0.29, 0.717) is 0 Å². The van der Waals surface area contributed by atoms with Gasteiger partial charge in [-0.2, -0.15) is 0 Å². The van der Waals surface area contributed by atoms with E-state index in [1.54, 1.807) is 21.3 Å². The molecule has 3 aromatic rings. The van der Waals surface area contributed by atoms with Crippen molar-refractivity contribution in [3.8, 4) is 17.2 Å². The molecular formula is C21H21BrO3S. The Bertz CT molecular complexity index is 689. The third-order valence-electron chi connectivity index (χ3n) is 3.89. The molecule has 0 fully saturated rings. The summed E-state index contributed by atoms with van der Waals surface area (Å²) >= 11 is 0. The number of hydrogen-bond acceptors (Lipinski definition) is 3. The Balaban J connectivity index is 0.00000243. The zero-order valence-electron chi connectivity index (χ0n) is 14.9. The van der Waals surface area contributed by atoms with Crippen LogP contribution < -0.4 is 31.2 Å². The van der Waals surface area contributed by atoms with Crippen molar-refractivity contribution in [1.29, 1.82) is 0 Å². The van der Waals surface area contributed by atoms with Gasteiger partial charge in [-0.15, -0.1) is 0 Å². The number of methoxy groups -OCH3 is 3. The lowest BCUT2D eigenvalue weighted by molar-refractivity contribution is -0.00000597. The maximum atomic E-state index is 5.29. The van der Waals surface area contributed by atoms with Crippen LogP contribution in [0.1, 0.15) is 0 Å². The molecule has 0 radical (unpaired) electrons. The van der Waals surface area contributed by atoms with E-state index in [1.807, 2.05) is 36.4 Å². The second-order valence-corrected chi connectivity index (χ2v) is 7.36. The molecule has 3 nitrogen and oxygen atoms in total. The fourth-order valence-electron chi connectivity index (χ4n) is 2.54. The van der Waals surface area contributed by atoms with Crippen LogP contribution in [0.15, 0.2) is 87.5 Å². The van der Waals surface area contributed by atoms with E-state index in [9.17, 15) is 0 Å². The standard InChI is InChI=1S/C21H21O3S.BrH/c1-22-16-4-10-19(11-5-16)25(20-12-6-17(23-2)7-13-20)21-14-8-18(24-3)9-15-21;/h4-15H,1-3H3;1H/q+1;/p-1. The minimum atomic E-state index is -0.212. The third kappa shape index (κ3) is 4.54. The summed E-state index contributed by atoms with van der Waals surface area (Å²) in [5, 5.41) is 0. The molecule has 5 heteroatoms. The molecule has 0 unspecified atom stereocenters. The smallest absolute Gasteiger partial charge is 0.166 e. The van der Waals surface area contributed by atoms with Crippen molar-refractivity contribution in [1.82, 2.24) is 0 Å². The fourth-order valence-corrected chi connectivity index (χ4v) is 4.58. The molecular weight excluding hydrogens is 412 g/mol. The number of benzene rings is 3. The normalized spacial score (nSPS) is 10.2. The molecule has 0 aliphatic carbocycles. The average molecular weight is 433 g/mol. The summed E-state index contributed by atoms with van der Waals surface area (Å²) in [6.07, 6.45) is 0. The van der Waals surface area contributed by atoms with Gasteiger partial charge in [0.1, 0.15) is 17.2 Å². The highest BCUT2D eigenvalue weighted by Gasteiger charge is 2.28. The Labute approximate surface area is 168 Å². The van der Waals surface area contributed by atoms with Gasteiger partial charge in [0.25, 0.3) is 0 Å². The predicted octanol–water partition coefficient (Wildman–Crippen LogP) is 1.81. The number of rotatable bonds is 6. The summed E-state index contributed by atoms with van der Waals surface area (Å²) in [5.74, 6) is 2.57. The lowest BCUT2D eigenvalue weighted by Crippen LogP contribution is -3.00. The molecule has 3 rings (SSSR count). The van der Waals surface area contributed by atoms with Crippen molar-refractivity contribution < 1.29 is 31.2 Å². The minimum Gasteiger partial charge on any atom is -1.00 e. The highest BCUT2D eigenvalue weighted by atomic mass is 79.9. The Morgan fingerprint density at radius 3 is 0.885 bits per heavy atom. The van der Waals surface area contributed by atoms with Gasteiger partial charge in [0.2, 0.25) is 0 Å². The predicted molar refractivity (Wildman–Crippen MR) is 101 cm³/mol. The molecule has 0 aliphatic rings. The number of hydrogen-bond donors (Lipinski definition) is 0. The largest absolute Gasteiger partial charge is 1.00 e. The second-order valence-electron chi connectivity index (χ2n) is 5.33. The highest BCUT2D eigenvalue weighted by molar-refractivity contribution is 7.97. The number of halogens is 1. The molecule has 0 saturated carbocycles. The van der Waals surface area contributed by atoms with Crippen molar-refractivity contribution in [3.05, 3.63) is 72.8 Å². The monoisotopic (exact) mass is 432 g/mol. The Hall–Kier alpha value is -2.11. The molecule has 0 spiro atoms. The molecule has 0 aromatic heterocycles. The van der Waals surface area contributed by atoms with Crippen molar-refractivity contribution in [2.75, 3.05) is 21.3 Å². The van der Waals surface area contributed by atoms with Crippen LogP contribution in [0.2, 0.25) is 0 Å². The topological polar surface area (TPSA) is 27.7 Å². The summed E-state index contributed by atoms with van der Waals surface area (Å²) in [6.45, 7) is 0. The van der Waals surface area contributed by atoms with Gasteiger partial charge in [0, 0.05) is 0 Å². The molecule has 0 saturated heterocycles. The van der Waals surface area contributed by atoms with Crippen molar-refractivity contribution in [3.63, 3.8) is 0 Å². The van der Waals surface area contributed by atoms with Gasteiger partial charge in [-0.25, -0.2) is 0 Å². The van der Waals surface area contributed by atoms with Gasteiger partial charge in [0.05, 0.1) is 32.2 Å². The van der Waals surface area contributed by atoms with Crippen LogP contribution in [-0.4, -0.2) is 21.3 Å². The first-order valence-corrected chi connectivity index (χ1v) is 9.14. The quantitative estimate of drug-likeness (QED) is 0.556. The van der Waals surface area contributed by atoms with E-state index in [2.05, 4.69) is 36.4 Å². The highest BCUT2D eigenvalue weighted by Crippen LogP contribution is 2.33. The maximum absolute atomic E-state index is 5.29. The van der Waals surface area contributed by atoms with Gasteiger partial charge in [-0.1, -0.05) is 0 Å². The first kappa shape index (κ1) is 20.2. The fraction of sp³-hybridized carbons (Fsp3) is 0.143. The lowest BCUT2D eigenvalue weighted by atomic mass is 10.3. The molecule has 0 bridgehead atoms. The summed E-state index contributed by atoms with van der Waals surface area (Å²) < 4.78 is 15.9. The van der Waals surface area contributed by atoms with E-state index in [4.69, 9.17) is 14.2 Å². The summed E-state index contributed by atoms with van der Waals surface area (Å²) in [5.41, 5.74) is 0. The van der Waals surface area contributed by atoms with E-state index in [0.717, 1.165) is 17.2 Å². The Morgan fingerprint density at radius 2 is 0.692 bits per heavy atom. The van der Waals surface area contributed by atoms with E-state index < -0.39 is 0 Å². The van der Waals surface area contributed by atoms with Crippen molar-refractivity contribution in [2.24, 2.45) is 0 Å². The molecule has 3 aromatic carbocycles.